The molecule has 2 N–H and O–H groups in total. The number of amidine groups is 1. The van der Waals surface area contributed by atoms with Crippen LogP contribution in [-0.2, 0) is 4.79 Å². The van der Waals surface area contributed by atoms with Gasteiger partial charge in [0.1, 0.15) is 0 Å². The van der Waals surface area contributed by atoms with Gasteiger partial charge < -0.3 is 15.2 Å². The first-order chi connectivity index (χ1) is 13.0. The molecule has 1 saturated heterocycles. The lowest BCUT2D eigenvalue weighted by Crippen LogP contribution is -2.19. The SMILES string of the molecule is CCOc1cc([N+](=O)[O-])cc(/C=C2/SC(=Nc3ccccc3)NC2=O)c1O. The van der Waals surface area contributed by atoms with Gasteiger partial charge in [0.05, 0.1) is 28.2 Å². The van der Waals surface area contributed by atoms with E-state index in [9.17, 15) is 20.0 Å². The maximum atomic E-state index is 12.2. The Kier molecular flexibility index (Phi) is 5.41. The molecule has 1 amide bonds. The van der Waals surface area contributed by atoms with Crippen LogP contribution in [0.2, 0.25) is 0 Å². The lowest BCUT2D eigenvalue weighted by atomic mass is 10.1. The van der Waals surface area contributed by atoms with Gasteiger partial charge in [-0.05, 0) is 36.9 Å². The molecule has 9 heteroatoms. The maximum absolute atomic E-state index is 12.2. The number of rotatable bonds is 5. The number of aromatic hydroxyl groups is 1. The number of ether oxygens (including phenoxy) is 1. The van der Waals surface area contributed by atoms with Crippen LogP contribution in [0.3, 0.4) is 0 Å². The second-order valence-corrected chi connectivity index (χ2v) is 6.42. The quantitative estimate of drug-likeness (QED) is 0.462. The first-order valence-electron chi connectivity index (χ1n) is 7.96. The number of aliphatic imine (C=N–C) groups is 1. The maximum Gasteiger partial charge on any atom is 0.274 e. The smallest absolute Gasteiger partial charge is 0.274 e. The fourth-order valence-corrected chi connectivity index (χ4v) is 3.17. The van der Waals surface area contributed by atoms with E-state index >= 15 is 0 Å². The molecule has 1 heterocycles. The first-order valence-corrected chi connectivity index (χ1v) is 8.78. The molecule has 3 rings (SSSR count). The summed E-state index contributed by atoms with van der Waals surface area (Å²) in [5.41, 5.74) is 0.550. The Morgan fingerprint density at radius 1 is 1.33 bits per heavy atom. The van der Waals surface area contributed by atoms with Crippen LogP contribution < -0.4 is 10.1 Å². The van der Waals surface area contributed by atoms with Crippen molar-refractivity contribution in [3.8, 4) is 11.5 Å². The summed E-state index contributed by atoms with van der Waals surface area (Å²) in [4.78, 5) is 27.3. The molecule has 0 saturated carbocycles. The van der Waals surface area contributed by atoms with Crippen molar-refractivity contribution in [2.75, 3.05) is 6.61 Å². The zero-order valence-corrected chi connectivity index (χ0v) is 15.0. The third-order valence-electron chi connectivity index (χ3n) is 3.52. The van der Waals surface area contributed by atoms with E-state index in [1.807, 2.05) is 18.2 Å². The highest BCUT2D eigenvalue weighted by atomic mass is 32.2. The largest absolute Gasteiger partial charge is 0.504 e. The number of nitro benzene ring substituents is 1. The summed E-state index contributed by atoms with van der Waals surface area (Å²) in [6.07, 6.45) is 1.37. The number of phenolic OH excluding ortho intramolecular Hbond substituents is 1. The van der Waals surface area contributed by atoms with Crippen LogP contribution in [0.4, 0.5) is 11.4 Å². The molecule has 138 valence electrons. The van der Waals surface area contributed by atoms with Gasteiger partial charge in [0, 0.05) is 11.6 Å². The normalized spacial score (nSPS) is 16.6. The Balaban J connectivity index is 1.95. The van der Waals surface area contributed by atoms with Crippen LogP contribution in [-0.4, -0.2) is 27.7 Å². The Labute approximate surface area is 158 Å². The van der Waals surface area contributed by atoms with Crippen LogP contribution in [0.15, 0.2) is 52.4 Å². The standard InChI is InChI=1S/C18H15N3O5S/c1-2-26-14-10-13(21(24)25)8-11(16(14)22)9-15-17(23)20-18(27-15)19-12-6-4-3-5-7-12/h3-10,22H,2H2,1H3,(H,19,20,23)/b15-9+. The molecular weight excluding hydrogens is 370 g/mol. The van der Waals surface area contributed by atoms with E-state index in [4.69, 9.17) is 4.74 Å². The molecule has 0 spiro atoms. The van der Waals surface area contributed by atoms with Crippen LogP contribution in [0.5, 0.6) is 11.5 Å². The number of nitrogens with zero attached hydrogens (tertiary/aromatic N) is 2. The molecule has 1 fully saturated rings. The Bertz CT molecular complexity index is 957. The Hall–Kier alpha value is -3.33. The van der Waals surface area contributed by atoms with Gasteiger partial charge in [-0.15, -0.1) is 0 Å². The second-order valence-electron chi connectivity index (χ2n) is 5.39. The number of benzene rings is 2. The predicted octanol–water partition coefficient (Wildman–Crippen LogP) is 3.59. The highest BCUT2D eigenvalue weighted by Crippen LogP contribution is 2.38. The van der Waals surface area contributed by atoms with Crippen molar-refractivity contribution in [3.63, 3.8) is 0 Å². The van der Waals surface area contributed by atoms with Crippen molar-refractivity contribution in [1.82, 2.24) is 5.32 Å². The van der Waals surface area contributed by atoms with Gasteiger partial charge in [0.25, 0.3) is 11.6 Å². The van der Waals surface area contributed by atoms with Crippen LogP contribution in [0, 0.1) is 10.1 Å². The topological polar surface area (TPSA) is 114 Å². The summed E-state index contributed by atoms with van der Waals surface area (Å²) in [6, 6.07) is 11.4. The number of phenols is 1. The fourth-order valence-electron chi connectivity index (χ4n) is 2.34. The highest BCUT2D eigenvalue weighted by Gasteiger charge is 2.25. The van der Waals surface area contributed by atoms with Crippen molar-refractivity contribution in [2.45, 2.75) is 6.92 Å². The molecule has 2 aromatic rings. The molecule has 0 bridgehead atoms. The summed E-state index contributed by atoms with van der Waals surface area (Å²) in [6.45, 7) is 1.93. The van der Waals surface area contributed by atoms with E-state index < -0.39 is 10.8 Å². The minimum Gasteiger partial charge on any atom is -0.504 e. The zero-order chi connectivity index (χ0) is 19.4. The third kappa shape index (κ3) is 4.26. The van der Waals surface area contributed by atoms with Gasteiger partial charge in [-0.25, -0.2) is 4.99 Å². The van der Waals surface area contributed by atoms with Crippen molar-refractivity contribution in [2.24, 2.45) is 4.99 Å². The number of carbonyl (C=O) groups excluding carboxylic acids is 1. The van der Waals surface area contributed by atoms with E-state index in [2.05, 4.69) is 10.3 Å². The molecule has 1 aliphatic rings. The molecule has 0 atom stereocenters. The Morgan fingerprint density at radius 2 is 2.07 bits per heavy atom. The van der Waals surface area contributed by atoms with Gasteiger partial charge in [-0.1, -0.05) is 18.2 Å². The van der Waals surface area contributed by atoms with Gasteiger partial charge in [0.2, 0.25) is 0 Å². The monoisotopic (exact) mass is 385 g/mol. The number of amides is 1. The molecule has 0 unspecified atom stereocenters. The summed E-state index contributed by atoms with van der Waals surface area (Å²) in [7, 11) is 0. The van der Waals surface area contributed by atoms with Crippen LogP contribution >= 0.6 is 11.8 Å². The summed E-state index contributed by atoms with van der Waals surface area (Å²) in [5.74, 6) is -0.685. The third-order valence-corrected chi connectivity index (χ3v) is 4.43. The number of thioether (sulfide) groups is 1. The molecule has 2 aromatic carbocycles. The van der Waals surface area contributed by atoms with E-state index in [0.29, 0.717) is 10.9 Å². The molecule has 0 aromatic heterocycles. The molecular formula is C18H15N3O5S. The minimum atomic E-state index is -0.589. The Morgan fingerprint density at radius 3 is 2.74 bits per heavy atom. The van der Waals surface area contributed by atoms with Crippen molar-refractivity contribution in [1.29, 1.82) is 0 Å². The van der Waals surface area contributed by atoms with E-state index in [1.165, 1.54) is 12.1 Å². The predicted molar refractivity (Wildman–Crippen MR) is 103 cm³/mol. The molecule has 8 nitrogen and oxygen atoms in total. The molecule has 27 heavy (non-hydrogen) atoms. The molecule has 1 aliphatic heterocycles. The zero-order valence-electron chi connectivity index (χ0n) is 14.2. The van der Waals surface area contributed by atoms with Crippen molar-refractivity contribution in [3.05, 3.63) is 63.0 Å². The van der Waals surface area contributed by atoms with Crippen LogP contribution in [0.1, 0.15) is 12.5 Å². The van der Waals surface area contributed by atoms with Crippen LogP contribution in [0.25, 0.3) is 6.08 Å². The van der Waals surface area contributed by atoms with Gasteiger partial charge in [-0.3, -0.25) is 14.9 Å². The molecule has 0 radical (unpaired) electrons. The van der Waals surface area contributed by atoms with E-state index in [0.717, 1.165) is 17.8 Å². The summed E-state index contributed by atoms with van der Waals surface area (Å²) >= 11 is 1.08. The van der Waals surface area contributed by atoms with Crippen molar-refractivity contribution >= 4 is 40.3 Å². The number of hydrogen-bond donors (Lipinski definition) is 2. The summed E-state index contributed by atoms with van der Waals surface area (Å²) < 4.78 is 5.24. The lowest BCUT2D eigenvalue weighted by Gasteiger charge is -2.08. The number of para-hydroxylation sites is 1. The number of nitrogens with one attached hydrogen (secondary N) is 1. The molecule has 0 aliphatic carbocycles. The average Bonchev–Trinajstić information content (AvgIpc) is 2.98. The first kappa shape index (κ1) is 18.5. The fraction of sp³-hybridized carbons (Fsp3) is 0.111. The minimum absolute atomic E-state index is 0.0138. The summed E-state index contributed by atoms with van der Waals surface area (Å²) in [5, 5.41) is 24.4. The van der Waals surface area contributed by atoms with Gasteiger partial charge >= 0.3 is 0 Å². The second kappa shape index (κ2) is 7.92. The number of hydrogen-bond acceptors (Lipinski definition) is 7. The highest BCUT2D eigenvalue weighted by molar-refractivity contribution is 8.18. The average molecular weight is 385 g/mol. The van der Waals surface area contributed by atoms with Gasteiger partial charge in [-0.2, -0.15) is 0 Å². The van der Waals surface area contributed by atoms with E-state index in [-0.39, 0.29) is 34.3 Å². The number of non-ortho nitro benzene ring substituents is 1. The van der Waals surface area contributed by atoms with E-state index in [1.54, 1.807) is 19.1 Å². The number of nitro groups is 1. The lowest BCUT2D eigenvalue weighted by molar-refractivity contribution is -0.385. The van der Waals surface area contributed by atoms with Gasteiger partial charge in [0.15, 0.2) is 16.7 Å². The van der Waals surface area contributed by atoms with Crippen molar-refractivity contribution < 1.29 is 19.6 Å². The number of carbonyl (C=O) groups is 1.